The maximum absolute atomic E-state index is 13.2. The maximum Gasteiger partial charge on any atom is 0.344 e. The summed E-state index contributed by atoms with van der Waals surface area (Å²) < 4.78 is 27.2. The van der Waals surface area contributed by atoms with Gasteiger partial charge in [-0.15, -0.1) is 11.3 Å². The number of carbonyl (C=O) groups excluding carboxylic acids is 3. The second kappa shape index (κ2) is 8.51. The molecule has 2 aromatic rings. The Kier molecular flexibility index (Phi) is 5.91. The van der Waals surface area contributed by atoms with E-state index in [0.717, 1.165) is 28.5 Å². The monoisotopic (exact) mass is 477 g/mol. The Balaban J connectivity index is 1.52. The topological polar surface area (TPSA) is 129 Å². The maximum atomic E-state index is 13.2. The minimum absolute atomic E-state index is 0.00623. The average molecular weight is 478 g/mol. The normalized spacial score (nSPS) is 23.3. The van der Waals surface area contributed by atoms with Gasteiger partial charge >= 0.3 is 6.03 Å². The number of hydrogen-bond donors (Lipinski definition) is 2. The molecule has 4 amide bonds. The summed E-state index contributed by atoms with van der Waals surface area (Å²) >= 11 is 1.05. The molecule has 0 bridgehead atoms. The number of hydrogen-bond acceptors (Lipinski definition) is 7. The summed E-state index contributed by atoms with van der Waals surface area (Å²) in [6.07, 6.45) is 4.01. The van der Waals surface area contributed by atoms with E-state index in [1.165, 1.54) is 18.3 Å². The first-order valence-corrected chi connectivity index (χ1v) is 12.5. The summed E-state index contributed by atoms with van der Waals surface area (Å²) in [5.74, 6) is -0.886. The van der Waals surface area contributed by atoms with Crippen LogP contribution in [0.2, 0.25) is 0 Å². The number of amides is 4. The summed E-state index contributed by atoms with van der Waals surface area (Å²) in [6.45, 7) is 1.44. The Labute approximate surface area is 189 Å². The van der Waals surface area contributed by atoms with Crippen LogP contribution in [0.4, 0.5) is 9.93 Å². The van der Waals surface area contributed by atoms with Crippen LogP contribution in [0.25, 0.3) is 0 Å². The van der Waals surface area contributed by atoms with Crippen LogP contribution in [0.3, 0.4) is 0 Å². The van der Waals surface area contributed by atoms with Crippen LogP contribution in [-0.2, 0) is 19.6 Å². The average Bonchev–Trinajstić information content (AvgIpc) is 3.38. The fourth-order valence-corrected chi connectivity index (χ4v) is 6.19. The third-order valence-electron chi connectivity index (χ3n) is 5.78. The lowest BCUT2D eigenvalue weighted by atomic mass is 9.77. The third-order valence-corrected chi connectivity index (χ3v) is 8.44. The molecule has 4 rings (SSSR count). The Bertz CT molecular complexity index is 1110. The molecule has 2 fully saturated rings. The number of imide groups is 1. The standard InChI is InChI=1S/C20H23N5O5S2/c1-14-7-9-20(10-8-14)17(27)25(18(28)22-20)23-16(26)13-24(19-21-11-12-31-19)32(29,30)15-5-3-2-4-6-15/h2-6,11-12,14H,7-10,13H2,1H3,(H,22,28)(H,23,26). The quantitative estimate of drug-likeness (QED) is 0.611. The number of carbonyl (C=O) groups is 3. The van der Waals surface area contributed by atoms with Crippen LogP contribution in [0, 0.1) is 5.92 Å². The van der Waals surface area contributed by atoms with Crippen LogP contribution in [-0.4, -0.2) is 48.3 Å². The summed E-state index contributed by atoms with van der Waals surface area (Å²) in [4.78, 5) is 42.2. The number of benzene rings is 1. The van der Waals surface area contributed by atoms with E-state index in [4.69, 9.17) is 0 Å². The highest BCUT2D eigenvalue weighted by molar-refractivity contribution is 7.93. The van der Waals surface area contributed by atoms with Gasteiger partial charge in [0.05, 0.1) is 4.90 Å². The molecule has 1 spiro atoms. The van der Waals surface area contributed by atoms with Crippen molar-refractivity contribution >= 4 is 44.3 Å². The SMILES string of the molecule is CC1CCC2(CC1)NC(=O)N(NC(=O)CN(c1nccs1)S(=O)(=O)c1ccccc1)C2=O. The molecular formula is C20H23N5O5S2. The van der Waals surface area contributed by atoms with Crippen molar-refractivity contribution in [1.29, 1.82) is 0 Å². The molecule has 0 radical (unpaired) electrons. The lowest BCUT2D eigenvalue weighted by molar-refractivity contribution is -0.139. The highest BCUT2D eigenvalue weighted by Gasteiger charge is 2.53. The Morgan fingerprint density at radius 3 is 2.59 bits per heavy atom. The van der Waals surface area contributed by atoms with E-state index in [1.54, 1.807) is 23.6 Å². The first-order chi connectivity index (χ1) is 15.2. The predicted octanol–water partition coefficient (Wildman–Crippen LogP) is 1.87. The molecule has 2 heterocycles. The largest absolute Gasteiger partial charge is 0.344 e. The second-order valence-corrected chi connectivity index (χ2v) is 10.7. The third kappa shape index (κ3) is 4.07. The summed E-state index contributed by atoms with van der Waals surface area (Å²) in [6, 6.07) is 6.94. The second-order valence-electron chi connectivity index (χ2n) is 8.01. The molecule has 32 heavy (non-hydrogen) atoms. The zero-order valence-electron chi connectivity index (χ0n) is 17.4. The van der Waals surface area contributed by atoms with Crippen molar-refractivity contribution in [3.8, 4) is 0 Å². The Hall–Kier alpha value is -2.99. The molecule has 12 heteroatoms. The van der Waals surface area contributed by atoms with Crippen LogP contribution in [0.1, 0.15) is 32.6 Å². The summed E-state index contributed by atoms with van der Waals surface area (Å²) in [7, 11) is -4.10. The molecule has 1 aliphatic carbocycles. The minimum atomic E-state index is -4.10. The highest BCUT2D eigenvalue weighted by atomic mass is 32.2. The minimum Gasteiger partial charge on any atom is -0.322 e. The number of anilines is 1. The van der Waals surface area contributed by atoms with Gasteiger partial charge in [0, 0.05) is 11.6 Å². The van der Waals surface area contributed by atoms with Crippen molar-refractivity contribution in [3.05, 3.63) is 41.9 Å². The smallest absolute Gasteiger partial charge is 0.322 e. The van der Waals surface area contributed by atoms with Gasteiger partial charge in [-0.1, -0.05) is 25.1 Å². The number of hydrazine groups is 1. The zero-order chi connectivity index (χ0) is 22.9. The fraction of sp³-hybridized carbons (Fsp3) is 0.400. The number of thiazole rings is 1. The van der Waals surface area contributed by atoms with Gasteiger partial charge in [0.1, 0.15) is 12.1 Å². The van der Waals surface area contributed by atoms with E-state index >= 15 is 0 Å². The molecule has 2 aliphatic rings. The zero-order valence-corrected chi connectivity index (χ0v) is 19.0. The Morgan fingerprint density at radius 2 is 1.97 bits per heavy atom. The Morgan fingerprint density at radius 1 is 1.28 bits per heavy atom. The van der Waals surface area contributed by atoms with Gasteiger partial charge in [-0.25, -0.2) is 22.5 Å². The lowest BCUT2D eigenvalue weighted by Gasteiger charge is -2.33. The van der Waals surface area contributed by atoms with Crippen LogP contribution in [0.5, 0.6) is 0 Å². The molecule has 1 aromatic heterocycles. The van der Waals surface area contributed by atoms with Crippen molar-refractivity contribution < 1.29 is 22.8 Å². The number of nitrogens with one attached hydrogen (secondary N) is 2. The van der Waals surface area contributed by atoms with Crippen molar-refractivity contribution in [2.75, 3.05) is 10.8 Å². The molecule has 0 unspecified atom stereocenters. The number of rotatable bonds is 6. The van der Waals surface area contributed by atoms with Crippen molar-refractivity contribution in [1.82, 2.24) is 20.7 Å². The number of nitrogens with zero attached hydrogens (tertiary/aromatic N) is 3. The molecule has 1 saturated heterocycles. The van der Waals surface area contributed by atoms with E-state index in [-0.39, 0.29) is 10.0 Å². The molecule has 2 N–H and O–H groups in total. The number of urea groups is 1. The van der Waals surface area contributed by atoms with E-state index < -0.39 is 40.0 Å². The van der Waals surface area contributed by atoms with Crippen molar-refractivity contribution in [2.45, 2.75) is 43.0 Å². The van der Waals surface area contributed by atoms with Crippen LogP contribution < -0.4 is 15.0 Å². The van der Waals surface area contributed by atoms with Crippen LogP contribution >= 0.6 is 11.3 Å². The van der Waals surface area contributed by atoms with E-state index in [2.05, 4.69) is 22.7 Å². The van der Waals surface area contributed by atoms with Gasteiger partial charge in [0.2, 0.25) is 0 Å². The summed E-state index contributed by atoms with van der Waals surface area (Å²) in [5, 5.41) is 5.06. The number of sulfonamides is 1. The molecule has 1 aliphatic heterocycles. The first-order valence-electron chi connectivity index (χ1n) is 10.2. The van der Waals surface area contributed by atoms with Gasteiger partial charge in [-0.05, 0) is 43.7 Å². The molecule has 10 nitrogen and oxygen atoms in total. The first kappa shape index (κ1) is 22.2. The van der Waals surface area contributed by atoms with Gasteiger partial charge < -0.3 is 5.32 Å². The van der Waals surface area contributed by atoms with Gasteiger partial charge in [-0.3, -0.25) is 15.0 Å². The van der Waals surface area contributed by atoms with E-state index in [0.29, 0.717) is 23.8 Å². The molecule has 0 atom stereocenters. The van der Waals surface area contributed by atoms with Crippen molar-refractivity contribution in [3.63, 3.8) is 0 Å². The molecular weight excluding hydrogens is 454 g/mol. The van der Waals surface area contributed by atoms with Crippen molar-refractivity contribution in [2.24, 2.45) is 5.92 Å². The van der Waals surface area contributed by atoms with Gasteiger partial charge in [0.15, 0.2) is 5.13 Å². The van der Waals surface area contributed by atoms with Crippen LogP contribution in [0.15, 0.2) is 46.8 Å². The molecule has 1 aromatic carbocycles. The number of aromatic nitrogens is 1. The molecule has 170 valence electrons. The fourth-order valence-electron chi connectivity index (χ4n) is 3.92. The van der Waals surface area contributed by atoms with Gasteiger partial charge in [0.25, 0.3) is 21.8 Å². The molecule has 1 saturated carbocycles. The van der Waals surface area contributed by atoms with E-state index in [9.17, 15) is 22.8 Å². The van der Waals surface area contributed by atoms with E-state index in [1.807, 2.05) is 0 Å². The van der Waals surface area contributed by atoms with Gasteiger partial charge in [-0.2, -0.15) is 5.01 Å². The highest BCUT2D eigenvalue weighted by Crippen LogP contribution is 2.35. The predicted molar refractivity (Wildman–Crippen MR) is 117 cm³/mol. The lowest BCUT2D eigenvalue weighted by Crippen LogP contribution is -2.53. The summed E-state index contributed by atoms with van der Waals surface area (Å²) in [5.41, 5.74) is 1.27.